The van der Waals surface area contributed by atoms with Crippen molar-refractivity contribution in [2.24, 2.45) is 0 Å². The minimum absolute atomic E-state index is 0.920. The highest BCUT2D eigenvalue weighted by atomic mass is 31.2. The lowest BCUT2D eigenvalue weighted by atomic mass is 9.78. The van der Waals surface area contributed by atoms with Gasteiger partial charge in [-0.05, 0) is 0 Å². The summed E-state index contributed by atoms with van der Waals surface area (Å²) >= 11 is 0. The van der Waals surface area contributed by atoms with Gasteiger partial charge in [-0.1, -0.05) is 0 Å². The molecule has 2 aliphatic heterocycles. The van der Waals surface area contributed by atoms with Crippen LogP contribution in [0.2, 0.25) is 0 Å². The maximum absolute atomic E-state index is 11.5. The number of phosphoric acid groups is 1. The average molecular weight is 422 g/mol. The van der Waals surface area contributed by atoms with E-state index in [1.54, 1.807) is 0 Å². The smallest absolute Gasteiger partial charge is 0.394 e. The molecular formula is C12H23O14P. The predicted molar refractivity (Wildman–Crippen MR) is 79.6 cm³/mol. The van der Waals surface area contributed by atoms with Crippen LogP contribution in [-0.2, 0) is 18.6 Å². The van der Waals surface area contributed by atoms with E-state index in [1.165, 1.54) is 0 Å². The summed E-state index contributed by atoms with van der Waals surface area (Å²) < 4.78 is 26.3. The number of phosphoric ester groups is 1. The molecule has 0 aromatic carbocycles. The quantitative estimate of drug-likeness (QED) is 0.179. The normalized spacial score (nSPS) is 48.7. The Hall–Kier alpha value is -0.290. The predicted octanol–water partition coefficient (Wildman–Crippen LogP) is -5.89. The minimum atomic E-state index is -5.61. The van der Waals surface area contributed by atoms with Gasteiger partial charge in [0.05, 0.1) is 19.8 Å². The molecule has 2 heterocycles. The van der Waals surface area contributed by atoms with Crippen molar-refractivity contribution in [2.75, 3.05) is 19.8 Å². The molecular weight excluding hydrogens is 399 g/mol. The number of aliphatic hydroxyl groups is 8. The molecule has 0 radical (unpaired) electrons. The summed E-state index contributed by atoms with van der Waals surface area (Å²) in [5.41, 5.74) is -2.84. The number of ether oxygens (including phenoxy) is 2. The molecule has 0 bridgehead atoms. The van der Waals surface area contributed by atoms with Gasteiger partial charge in [0.1, 0.15) is 42.7 Å². The van der Waals surface area contributed by atoms with Crippen LogP contribution in [0.25, 0.3) is 0 Å². The molecule has 0 amide bonds. The van der Waals surface area contributed by atoms with Gasteiger partial charge >= 0.3 is 7.82 Å². The van der Waals surface area contributed by atoms with Crippen LogP contribution in [0.1, 0.15) is 0 Å². The Balaban J connectivity index is 2.67. The highest BCUT2D eigenvalue weighted by molar-refractivity contribution is 7.46. The summed E-state index contributed by atoms with van der Waals surface area (Å²) in [6.07, 6.45) is -14.3. The molecule has 9 atom stereocenters. The molecule has 14 nitrogen and oxygen atoms in total. The Kier molecular flexibility index (Phi) is 6.69. The molecule has 15 heteroatoms. The molecule has 0 aromatic heterocycles. The van der Waals surface area contributed by atoms with Crippen LogP contribution >= 0.6 is 7.82 Å². The van der Waals surface area contributed by atoms with Crippen LogP contribution in [0, 0.1) is 0 Å². The lowest BCUT2D eigenvalue weighted by Gasteiger charge is -2.54. The summed E-state index contributed by atoms with van der Waals surface area (Å²) in [6.45, 7) is -3.35. The van der Waals surface area contributed by atoms with Crippen molar-refractivity contribution < 1.29 is 69.2 Å². The Labute approximate surface area is 152 Å². The van der Waals surface area contributed by atoms with Crippen LogP contribution < -0.4 is 0 Å². The third-order valence-corrected chi connectivity index (χ3v) is 5.26. The SMILES string of the molecule is O=P(O)(O)O[C@@]1([C@@]2(CO)O[C@H](CO)[C@@H](O)[C@@H]2O)O[C@H](CO)[C@@H](O)[C@H](O)[C@H]1O. The first-order chi connectivity index (χ1) is 12.4. The molecule has 2 saturated heterocycles. The first kappa shape index (κ1) is 23.0. The zero-order chi connectivity index (χ0) is 20.8. The lowest BCUT2D eigenvalue weighted by Crippen LogP contribution is -2.77. The average Bonchev–Trinajstić information content (AvgIpc) is 2.86. The van der Waals surface area contributed by atoms with Crippen molar-refractivity contribution in [3.05, 3.63) is 0 Å². The van der Waals surface area contributed by atoms with Gasteiger partial charge in [-0.3, -0.25) is 0 Å². The van der Waals surface area contributed by atoms with E-state index >= 15 is 0 Å². The molecule has 27 heavy (non-hydrogen) atoms. The van der Waals surface area contributed by atoms with Gasteiger partial charge in [0, 0.05) is 0 Å². The van der Waals surface area contributed by atoms with E-state index in [0.29, 0.717) is 0 Å². The molecule has 2 rings (SSSR count). The fourth-order valence-corrected chi connectivity index (χ4v) is 4.04. The fourth-order valence-electron chi connectivity index (χ4n) is 3.38. The van der Waals surface area contributed by atoms with Crippen LogP contribution in [0.4, 0.5) is 0 Å². The third-order valence-electron chi connectivity index (χ3n) is 4.75. The van der Waals surface area contributed by atoms with Crippen LogP contribution in [0.15, 0.2) is 0 Å². The molecule has 2 aliphatic rings. The van der Waals surface area contributed by atoms with Crippen molar-refractivity contribution in [3.63, 3.8) is 0 Å². The molecule has 160 valence electrons. The van der Waals surface area contributed by atoms with Crippen molar-refractivity contribution in [1.82, 2.24) is 0 Å². The summed E-state index contributed by atoms with van der Waals surface area (Å²) in [7, 11) is -5.61. The summed E-state index contributed by atoms with van der Waals surface area (Å²) in [6, 6.07) is 0. The van der Waals surface area contributed by atoms with Gasteiger partial charge in [0.15, 0.2) is 5.60 Å². The Morgan fingerprint density at radius 2 is 1.33 bits per heavy atom. The van der Waals surface area contributed by atoms with Crippen LogP contribution in [-0.4, -0.2) is 125 Å². The molecule has 0 aromatic rings. The number of hydrogen-bond acceptors (Lipinski definition) is 12. The van der Waals surface area contributed by atoms with E-state index in [2.05, 4.69) is 4.52 Å². The van der Waals surface area contributed by atoms with Crippen molar-refractivity contribution in [1.29, 1.82) is 0 Å². The minimum Gasteiger partial charge on any atom is -0.394 e. The monoisotopic (exact) mass is 422 g/mol. The zero-order valence-electron chi connectivity index (χ0n) is 13.7. The Bertz CT molecular complexity index is 568. The summed E-state index contributed by atoms with van der Waals surface area (Å²) in [4.78, 5) is 18.5. The number of hydrogen-bond donors (Lipinski definition) is 10. The number of rotatable bonds is 6. The second-order valence-corrected chi connectivity index (χ2v) is 7.50. The van der Waals surface area contributed by atoms with E-state index in [1.807, 2.05) is 0 Å². The van der Waals surface area contributed by atoms with Gasteiger partial charge in [-0.25, -0.2) is 9.09 Å². The second kappa shape index (κ2) is 7.85. The van der Waals surface area contributed by atoms with E-state index in [4.69, 9.17) is 9.47 Å². The van der Waals surface area contributed by atoms with Gasteiger partial charge < -0.3 is 60.1 Å². The molecule has 0 saturated carbocycles. The van der Waals surface area contributed by atoms with E-state index in [0.717, 1.165) is 0 Å². The largest absolute Gasteiger partial charge is 0.472 e. The van der Waals surface area contributed by atoms with Gasteiger partial charge in [-0.15, -0.1) is 0 Å². The van der Waals surface area contributed by atoms with E-state index < -0.39 is 81.8 Å². The third kappa shape index (κ3) is 3.56. The first-order valence-electron chi connectivity index (χ1n) is 7.75. The maximum Gasteiger partial charge on any atom is 0.472 e. The highest BCUT2D eigenvalue weighted by Crippen LogP contribution is 2.54. The zero-order valence-corrected chi connectivity index (χ0v) is 14.6. The molecule has 0 unspecified atom stereocenters. The maximum atomic E-state index is 11.5. The van der Waals surface area contributed by atoms with Gasteiger partial charge in [0.25, 0.3) is 0 Å². The summed E-state index contributed by atoms with van der Waals surface area (Å²) in [5, 5.41) is 79.2. The van der Waals surface area contributed by atoms with Crippen LogP contribution in [0.3, 0.4) is 0 Å². The fraction of sp³-hybridized carbons (Fsp3) is 1.00. The van der Waals surface area contributed by atoms with Gasteiger partial charge in [-0.2, -0.15) is 0 Å². The van der Waals surface area contributed by atoms with Crippen molar-refractivity contribution >= 4 is 7.82 Å². The first-order valence-corrected chi connectivity index (χ1v) is 9.28. The molecule has 2 fully saturated rings. The van der Waals surface area contributed by atoms with E-state index in [-0.39, 0.29) is 0 Å². The lowest BCUT2D eigenvalue weighted by molar-refractivity contribution is -0.407. The molecule has 0 spiro atoms. The Morgan fingerprint density at radius 1 is 0.815 bits per heavy atom. The van der Waals surface area contributed by atoms with E-state index in [9.17, 15) is 55.2 Å². The standard InChI is InChI=1S/C12H23O14P/c13-1-4-6(16)8(18)10(20)12(25-4,26-27(21,22)23)11(3-15)9(19)7(17)5(2-14)24-11/h4-10,13-20H,1-3H2,(H2,21,22,23)/t4-,5-,6-,7-,8+,9+,10-,11+,12+/m1/s1. The van der Waals surface area contributed by atoms with Crippen molar-refractivity contribution in [3.8, 4) is 0 Å². The second-order valence-electron chi connectivity index (χ2n) is 6.34. The highest BCUT2D eigenvalue weighted by Gasteiger charge is 2.74. The summed E-state index contributed by atoms with van der Waals surface area (Å²) in [5.74, 6) is -3.27. The topological polar surface area (TPSA) is 247 Å². The van der Waals surface area contributed by atoms with Crippen LogP contribution in [0.5, 0.6) is 0 Å². The molecule has 10 N–H and O–H groups in total. The molecule has 0 aliphatic carbocycles. The van der Waals surface area contributed by atoms with Gasteiger partial charge in [0.2, 0.25) is 5.79 Å². The Morgan fingerprint density at radius 3 is 1.74 bits per heavy atom. The van der Waals surface area contributed by atoms with Crippen molar-refractivity contribution in [2.45, 2.75) is 54.1 Å². The number of aliphatic hydroxyl groups excluding tert-OH is 8.